The Bertz CT molecular complexity index is 990. The van der Waals surface area contributed by atoms with Gasteiger partial charge in [0, 0.05) is 36.6 Å². The molecule has 7 nitrogen and oxygen atoms in total. The van der Waals surface area contributed by atoms with Gasteiger partial charge in [-0.25, -0.2) is 8.42 Å². The average Bonchev–Trinajstić information content (AvgIpc) is 3.47. The van der Waals surface area contributed by atoms with E-state index in [1.54, 1.807) is 27.1 Å². The topological polar surface area (TPSA) is 79.0 Å². The van der Waals surface area contributed by atoms with E-state index in [2.05, 4.69) is 16.3 Å². The predicted octanol–water partition coefficient (Wildman–Crippen LogP) is 3.56. The number of hydrogen-bond acceptors (Lipinski definition) is 7. The Kier molecular flexibility index (Phi) is 7.69. The third kappa shape index (κ3) is 4.95. The second-order valence-corrected chi connectivity index (χ2v) is 12.2. The van der Waals surface area contributed by atoms with Crippen LogP contribution >= 0.6 is 22.7 Å². The maximum absolute atomic E-state index is 13.5. The summed E-state index contributed by atoms with van der Waals surface area (Å²) in [5, 5.41) is 6.75. The highest BCUT2D eigenvalue weighted by Crippen LogP contribution is 2.33. The zero-order valence-electron chi connectivity index (χ0n) is 18.5. The van der Waals surface area contributed by atoms with Crippen LogP contribution in [0.15, 0.2) is 33.9 Å². The SMILES string of the molecule is C[C@@H]1CCC[C@@H](C)N1S(=O)(=O)c1ccsc1C(=O)NC[C@H](c1cccs1)N1CCOCC1. The summed E-state index contributed by atoms with van der Waals surface area (Å²) in [7, 11) is -3.74. The molecule has 32 heavy (non-hydrogen) atoms. The van der Waals surface area contributed by atoms with Crippen LogP contribution in [0.1, 0.15) is 53.7 Å². The van der Waals surface area contributed by atoms with E-state index in [9.17, 15) is 13.2 Å². The van der Waals surface area contributed by atoms with Crippen molar-refractivity contribution in [3.63, 3.8) is 0 Å². The van der Waals surface area contributed by atoms with Crippen molar-refractivity contribution in [3.05, 3.63) is 38.7 Å². The summed E-state index contributed by atoms with van der Waals surface area (Å²) in [6.45, 7) is 7.29. The number of amides is 1. The molecule has 0 unspecified atom stereocenters. The number of nitrogens with one attached hydrogen (secondary N) is 1. The summed E-state index contributed by atoms with van der Waals surface area (Å²) in [5.41, 5.74) is 0. The molecule has 0 spiro atoms. The van der Waals surface area contributed by atoms with Crippen LogP contribution in [0.4, 0.5) is 0 Å². The summed E-state index contributed by atoms with van der Waals surface area (Å²) in [6.07, 6.45) is 2.71. The van der Waals surface area contributed by atoms with Crippen LogP contribution < -0.4 is 5.32 Å². The van der Waals surface area contributed by atoms with Gasteiger partial charge in [-0.2, -0.15) is 4.31 Å². The normalized spacial score (nSPS) is 24.3. The lowest BCUT2D eigenvalue weighted by atomic mass is 10.0. The minimum Gasteiger partial charge on any atom is -0.379 e. The van der Waals surface area contributed by atoms with Gasteiger partial charge in [0.2, 0.25) is 10.0 Å². The fourth-order valence-corrected chi connectivity index (χ4v) is 8.76. The van der Waals surface area contributed by atoms with Gasteiger partial charge in [-0.15, -0.1) is 22.7 Å². The van der Waals surface area contributed by atoms with E-state index in [0.29, 0.717) is 19.8 Å². The van der Waals surface area contributed by atoms with E-state index in [-0.39, 0.29) is 33.8 Å². The van der Waals surface area contributed by atoms with E-state index in [4.69, 9.17) is 4.74 Å². The van der Waals surface area contributed by atoms with Gasteiger partial charge in [-0.1, -0.05) is 12.5 Å². The van der Waals surface area contributed by atoms with Crippen molar-refractivity contribution < 1.29 is 17.9 Å². The minimum atomic E-state index is -3.74. The molecule has 2 aromatic rings. The van der Waals surface area contributed by atoms with Crippen LogP contribution in [0.2, 0.25) is 0 Å². The molecule has 0 aliphatic carbocycles. The molecule has 0 radical (unpaired) electrons. The molecule has 1 N–H and O–H groups in total. The molecule has 1 amide bonds. The summed E-state index contributed by atoms with van der Waals surface area (Å²) in [5.74, 6) is -0.328. The fourth-order valence-electron chi connectivity index (χ4n) is 4.70. The molecule has 2 fully saturated rings. The predicted molar refractivity (Wildman–Crippen MR) is 128 cm³/mol. The Morgan fingerprint density at radius 2 is 1.88 bits per heavy atom. The second-order valence-electron chi connectivity index (χ2n) is 8.47. The lowest BCUT2D eigenvalue weighted by Crippen LogP contribution is -2.47. The molecule has 2 aromatic heterocycles. The molecule has 3 atom stereocenters. The molecule has 0 bridgehead atoms. The number of rotatable bonds is 7. The summed E-state index contributed by atoms with van der Waals surface area (Å²) < 4.78 is 34.1. The van der Waals surface area contributed by atoms with Crippen LogP contribution in [-0.2, 0) is 14.8 Å². The number of sulfonamides is 1. The van der Waals surface area contributed by atoms with E-state index < -0.39 is 10.0 Å². The third-order valence-electron chi connectivity index (χ3n) is 6.32. The summed E-state index contributed by atoms with van der Waals surface area (Å²) in [4.78, 5) is 17.0. The van der Waals surface area contributed by atoms with Crippen molar-refractivity contribution in [2.45, 2.75) is 56.1 Å². The van der Waals surface area contributed by atoms with Crippen LogP contribution in [0, 0.1) is 0 Å². The fraction of sp³-hybridized carbons (Fsp3) is 0.591. The van der Waals surface area contributed by atoms with Gasteiger partial charge >= 0.3 is 0 Å². The van der Waals surface area contributed by atoms with E-state index in [1.165, 1.54) is 16.2 Å². The molecular formula is C22H31N3O4S3. The monoisotopic (exact) mass is 497 g/mol. The number of hydrogen-bond donors (Lipinski definition) is 1. The lowest BCUT2D eigenvalue weighted by Gasteiger charge is -2.37. The van der Waals surface area contributed by atoms with Crippen molar-refractivity contribution in [1.82, 2.24) is 14.5 Å². The molecule has 0 aromatic carbocycles. The molecular weight excluding hydrogens is 466 g/mol. The molecule has 176 valence electrons. The number of carbonyl (C=O) groups is 1. The Balaban J connectivity index is 1.51. The summed E-state index contributed by atoms with van der Waals surface area (Å²) >= 11 is 2.85. The smallest absolute Gasteiger partial charge is 0.262 e. The van der Waals surface area contributed by atoms with Crippen molar-refractivity contribution >= 4 is 38.6 Å². The highest BCUT2D eigenvalue weighted by atomic mass is 32.2. The molecule has 4 heterocycles. The molecule has 4 rings (SSSR count). The first kappa shape index (κ1) is 23.8. The highest BCUT2D eigenvalue weighted by molar-refractivity contribution is 7.89. The molecule has 2 aliphatic heterocycles. The Morgan fingerprint density at radius 3 is 2.53 bits per heavy atom. The number of morpholine rings is 1. The van der Waals surface area contributed by atoms with Crippen LogP contribution in [-0.4, -0.2) is 68.5 Å². The van der Waals surface area contributed by atoms with Gasteiger partial charge < -0.3 is 10.1 Å². The van der Waals surface area contributed by atoms with Crippen molar-refractivity contribution in [2.24, 2.45) is 0 Å². The van der Waals surface area contributed by atoms with Crippen LogP contribution in [0.3, 0.4) is 0 Å². The first-order chi connectivity index (χ1) is 15.4. The quantitative estimate of drug-likeness (QED) is 0.633. The van der Waals surface area contributed by atoms with Gasteiger partial charge in [0.25, 0.3) is 5.91 Å². The number of thiophene rings is 2. The Hall–Kier alpha value is -1.30. The second kappa shape index (κ2) is 10.3. The number of ether oxygens (including phenoxy) is 1. The van der Waals surface area contributed by atoms with E-state index >= 15 is 0 Å². The van der Waals surface area contributed by atoms with Crippen LogP contribution in [0.25, 0.3) is 0 Å². The van der Waals surface area contributed by atoms with Gasteiger partial charge in [0.15, 0.2) is 0 Å². The van der Waals surface area contributed by atoms with Gasteiger partial charge in [0.1, 0.15) is 9.77 Å². The van der Waals surface area contributed by atoms with Gasteiger partial charge in [0.05, 0.1) is 19.3 Å². The number of piperidine rings is 1. The standard InChI is InChI=1S/C22H31N3O4S3/c1-16-5-3-6-17(2)25(16)32(27,28)20-8-14-31-21(20)22(26)23-15-18(19-7-4-13-30-19)24-9-11-29-12-10-24/h4,7-8,13-14,16-18H,3,5-6,9-12,15H2,1-2H3,(H,23,26)/t16-,17-,18-/m1/s1. The zero-order valence-corrected chi connectivity index (χ0v) is 21.0. The Morgan fingerprint density at radius 1 is 1.16 bits per heavy atom. The number of carbonyl (C=O) groups excluding carboxylic acids is 1. The Labute approximate surface area is 198 Å². The van der Waals surface area contributed by atoms with Crippen molar-refractivity contribution in [3.8, 4) is 0 Å². The third-order valence-corrected chi connectivity index (χ3v) is 10.5. The average molecular weight is 498 g/mol. The van der Waals surface area contributed by atoms with Crippen LogP contribution in [0.5, 0.6) is 0 Å². The van der Waals surface area contributed by atoms with Gasteiger partial charge in [-0.05, 0) is 49.6 Å². The van der Waals surface area contributed by atoms with E-state index in [1.807, 2.05) is 25.3 Å². The van der Waals surface area contributed by atoms with E-state index in [0.717, 1.165) is 32.4 Å². The maximum atomic E-state index is 13.5. The lowest BCUT2D eigenvalue weighted by molar-refractivity contribution is 0.0169. The highest BCUT2D eigenvalue weighted by Gasteiger charge is 2.38. The molecule has 2 saturated heterocycles. The summed E-state index contributed by atoms with van der Waals surface area (Å²) in [6, 6.07) is 5.58. The maximum Gasteiger partial charge on any atom is 0.262 e. The zero-order chi connectivity index (χ0) is 22.7. The van der Waals surface area contributed by atoms with Crippen molar-refractivity contribution in [2.75, 3.05) is 32.8 Å². The molecule has 0 saturated carbocycles. The first-order valence-corrected chi connectivity index (χ1v) is 14.3. The van der Waals surface area contributed by atoms with Crippen molar-refractivity contribution in [1.29, 1.82) is 0 Å². The largest absolute Gasteiger partial charge is 0.379 e. The molecule has 2 aliphatic rings. The molecule has 10 heteroatoms. The first-order valence-electron chi connectivity index (χ1n) is 11.1. The number of nitrogens with zero attached hydrogens (tertiary/aromatic N) is 2. The van der Waals surface area contributed by atoms with Gasteiger partial charge in [-0.3, -0.25) is 9.69 Å². The minimum absolute atomic E-state index is 0.0463.